The number of ether oxygens (including phenoxy) is 3. The van der Waals surface area contributed by atoms with Crippen molar-refractivity contribution < 1.29 is 24.1 Å². The number of carbonyl (C=O) groups is 1. The van der Waals surface area contributed by atoms with Crippen molar-refractivity contribution in [2.45, 2.75) is 39.5 Å². The Labute approximate surface area is 224 Å². The fourth-order valence-electron chi connectivity index (χ4n) is 4.63. The third-order valence-corrected chi connectivity index (χ3v) is 6.89. The van der Waals surface area contributed by atoms with Crippen LogP contribution in [0.2, 0.25) is 0 Å². The minimum atomic E-state index is -1.22. The van der Waals surface area contributed by atoms with Gasteiger partial charge in [-0.15, -0.1) is 0 Å². The second kappa shape index (κ2) is 12.3. The first kappa shape index (κ1) is 27.5. The number of rotatable bonds is 10. The largest absolute Gasteiger partial charge is 0.493 e. The zero-order chi connectivity index (χ0) is 27.1. The van der Waals surface area contributed by atoms with Crippen LogP contribution in [0.3, 0.4) is 0 Å². The Bertz CT molecular complexity index is 1220. The van der Waals surface area contributed by atoms with Gasteiger partial charge in [0, 0.05) is 45.5 Å². The Morgan fingerprint density at radius 2 is 1.89 bits per heavy atom. The number of amides is 1. The highest BCUT2D eigenvalue weighted by atomic mass is 16.5. The Morgan fingerprint density at radius 1 is 1.05 bits per heavy atom. The van der Waals surface area contributed by atoms with Crippen LogP contribution in [-0.4, -0.2) is 82.7 Å². The van der Waals surface area contributed by atoms with E-state index >= 15 is 0 Å². The maximum absolute atomic E-state index is 12.3. The quantitative estimate of drug-likeness (QED) is 0.438. The minimum absolute atomic E-state index is 0.0604. The van der Waals surface area contributed by atoms with E-state index in [1.54, 1.807) is 18.2 Å². The predicted molar refractivity (Wildman–Crippen MR) is 145 cm³/mol. The van der Waals surface area contributed by atoms with Crippen molar-refractivity contribution in [3.05, 3.63) is 71.5 Å². The molecule has 1 aliphatic heterocycles. The Balaban J connectivity index is 1.43. The van der Waals surface area contributed by atoms with Crippen LogP contribution in [0.15, 0.2) is 54.9 Å². The fourth-order valence-corrected chi connectivity index (χ4v) is 4.63. The van der Waals surface area contributed by atoms with E-state index in [4.69, 9.17) is 14.2 Å². The lowest BCUT2D eigenvalue weighted by molar-refractivity contribution is -0.132. The van der Waals surface area contributed by atoms with Crippen molar-refractivity contribution in [3.8, 4) is 17.2 Å². The normalized spacial score (nSPS) is 18.2. The lowest BCUT2D eigenvalue weighted by atomic mass is 10.0. The van der Waals surface area contributed by atoms with Gasteiger partial charge in [-0.3, -0.25) is 14.4 Å². The molecule has 1 amide bonds. The molecular formula is C29H38N4O5. The molecule has 204 valence electrons. The van der Waals surface area contributed by atoms with Gasteiger partial charge in [0.05, 0.1) is 20.2 Å². The van der Waals surface area contributed by atoms with Gasteiger partial charge < -0.3 is 24.2 Å². The highest BCUT2D eigenvalue weighted by Gasteiger charge is 2.37. The molecule has 0 spiro atoms. The standard InChI is InChI=1S/C29H38N4O5/c1-22-6-8-26(16-23(22)2)38-21-29(35)19-31(12-13-32(20-29)24(3)34)18-25-7-9-27(28(17-25)36-4)37-15-14-33-11-5-10-30-33/h5-11,16-17,35H,12-15,18-21H2,1-4H3/t29-/m0/s1. The van der Waals surface area contributed by atoms with Gasteiger partial charge >= 0.3 is 0 Å². The molecule has 1 N–H and O–H groups in total. The summed E-state index contributed by atoms with van der Waals surface area (Å²) in [5.74, 6) is 1.96. The van der Waals surface area contributed by atoms with Crippen molar-refractivity contribution >= 4 is 5.91 Å². The fraction of sp³-hybridized carbons (Fsp3) is 0.448. The molecule has 0 saturated carbocycles. The lowest BCUT2D eigenvalue weighted by Crippen LogP contribution is -2.51. The Hall–Kier alpha value is -3.56. The number of hydrogen-bond donors (Lipinski definition) is 1. The molecule has 0 unspecified atom stereocenters. The molecule has 38 heavy (non-hydrogen) atoms. The molecule has 4 rings (SSSR count). The molecule has 3 aromatic rings. The van der Waals surface area contributed by atoms with Crippen molar-refractivity contribution in [1.29, 1.82) is 0 Å². The minimum Gasteiger partial charge on any atom is -0.493 e. The first-order valence-corrected chi connectivity index (χ1v) is 12.9. The van der Waals surface area contributed by atoms with E-state index in [2.05, 4.69) is 16.9 Å². The van der Waals surface area contributed by atoms with Crippen molar-refractivity contribution in [2.75, 3.05) is 46.5 Å². The Morgan fingerprint density at radius 3 is 2.61 bits per heavy atom. The topological polar surface area (TPSA) is 89.3 Å². The van der Waals surface area contributed by atoms with E-state index in [1.165, 1.54) is 12.5 Å². The third kappa shape index (κ3) is 7.26. The zero-order valence-electron chi connectivity index (χ0n) is 22.7. The Kier molecular flexibility index (Phi) is 8.91. The first-order chi connectivity index (χ1) is 18.2. The summed E-state index contributed by atoms with van der Waals surface area (Å²) in [6.07, 6.45) is 3.64. The van der Waals surface area contributed by atoms with Crippen LogP contribution in [0, 0.1) is 13.8 Å². The molecule has 1 aliphatic rings. The summed E-state index contributed by atoms with van der Waals surface area (Å²) in [5, 5.41) is 15.8. The van der Waals surface area contributed by atoms with E-state index in [-0.39, 0.29) is 19.1 Å². The maximum atomic E-state index is 12.3. The van der Waals surface area contributed by atoms with Gasteiger partial charge in [0.1, 0.15) is 24.6 Å². The van der Waals surface area contributed by atoms with E-state index in [1.807, 2.05) is 60.3 Å². The van der Waals surface area contributed by atoms with Gasteiger partial charge in [0.2, 0.25) is 5.91 Å². The number of nitrogens with zero attached hydrogens (tertiary/aromatic N) is 4. The van der Waals surface area contributed by atoms with Gasteiger partial charge in [-0.05, 0) is 60.9 Å². The van der Waals surface area contributed by atoms with Crippen LogP contribution < -0.4 is 14.2 Å². The van der Waals surface area contributed by atoms with Crippen molar-refractivity contribution in [2.24, 2.45) is 0 Å². The summed E-state index contributed by atoms with van der Waals surface area (Å²) in [5.41, 5.74) is 2.12. The second-order valence-electron chi connectivity index (χ2n) is 10.0. The van der Waals surface area contributed by atoms with Gasteiger partial charge in [-0.25, -0.2) is 0 Å². The van der Waals surface area contributed by atoms with E-state index in [9.17, 15) is 9.90 Å². The second-order valence-corrected chi connectivity index (χ2v) is 10.0. The van der Waals surface area contributed by atoms with E-state index in [0.29, 0.717) is 56.6 Å². The summed E-state index contributed by atoms with van der Waals surface area (Å²) in [6, 6.07) is 13.6. The molecule has 1 atom stereocenters. The predicted octanol–water partition coefficient (Wildman–Crippen LogP) is 3.06. The lowest BCUT2D eigenvalue weighted by Gasteiger charge is -2.33. The molecule has 1 fully saturated rings. The average Bonchev–Trinajstić information content (AvgIpc) is 3.35. The molecule has 9 nitrogen and oxygen atoms in total. The molecule has 1 aromatic heterocycles. The summed E-state index contributed by atoms with van der Waals surface area (Å²) in [4.78, 5) is 16.1. The van der Waals surface area contributed by atoms with Crippen LogP contribution in [-0.2, 0) is 17.9 Å². The van der Waals surface area contributed by atoms with Crippen LogP contribution in [0.5, 0.6) is 17.2 Å². The van der Waals surface area contributed by atoms with Gasteiger partial charge in [-0.1, -0.05) is 12.1 Å². The number of hydrogen-bond acceptors (Lipinski definition) is 7. The van der Waals surface area contributed by atoms with E-state index in [0.717, 1.165) is 11.1 Å². The summed E-state index contributed by atoms with van der Waals surface area (Å²) >= 11 is 0. The molecule has 2 aromatic carbocycles. The van der Waals surface area contributed by atoms with Gasteiger partial charge in [-0.2, -0.15) is 5.10 Å². The summed E-state index contributed by atoms with van der Waals surface area (Å²) < 4.78 is 19.4. The number of aliphatic hydroxyl groups is 1. The number of β-amino-alcohol motifs (C(OH)–C–C–N with tert-alkyl or cyclic N) is 1. The zero-order valence-corrected chi connectivity index (χ0v) is 22.7. The van der Waals surface area contributed by atoms with Gasteiger partial charge in [0.25, 0.3) is 0 Å². The smallest absolute Gasteiger partial charge is 0.219 e. The maximum Gasteiger partial charge on any atom is 0.219 e. The SMILES string of the molecule is COc1cc(CN2CCN(C(C)=O)C[C@](O)(COc3ccc(C)c(C)c3)C2)ccc1OCCn1cccn1. The number of aryl methyl sites for hydroxylation is 2. The van der Waals surface area contributed by atoms with Crippen LogP contribution in [0.25, 0.3) is 0 Å². The molecule has 0 radical (unpaired) electrons. The first-order valence-electron chi connectivity index (χ1n) is 12.9. The highest BCUT2D eigenvalue weighted by Crippen LogP contribution is 2.29. The van der Waals surface area contributed by atoms with E-state index < -0.39 is 5.60 Å². The molecule has 0 aliphatic carbocycles. The molecule has 9 heteroatoms. The molecule has 2 heterocycles. The van der Waals surface area contributed by atoms with Crippen molar-refractivity contribution in [3.63, 3.8) is 0 Å². The van der Waals surface area contributed by atoms with Gasteiger partial charge in [0.15, 0.2) is 11.5 Å². The highest BCUT2D eigenvalue weighted by molar-refractivity contribution is 5.73. The summed E-state index contributed by atoms with van der Waals surface area (Å²) in [6.45, 7) is 9.16. The molecular weight excluding hydrogens is 484 g/mol. The third-order valence-electron chi connectivity index (χ3n) is 6.89. The number of benzene rings is 2. The number of carbonyl (C=O) groups excluding carboxylic acids is 1. The summed E-state index contributed by atoms with van der Waals surface area (Å²) in [7, 11) is 1.62. The van der Waals surface area contributed by atoms with Crippen LogP contribution in [0.1, 0.15) is 23.6 Å². The molecule has 1 saturated heterocycles. The van der Waals surface area contributed by atoms with Crippen LogP contribution >= 0.6 is 0 Å². The van der Waals surface area contributed by atoms with Crippen LogP contribution in [0.4, 0.5) is 0 Å². The van der Waals surface area contributed by atoms with Crippen molar-refractivity contribution in [1.82, 2.24) is 19.6 Å². The number of aromatic nitrogens is 2. The average molecular weight is 523 g/mol. The molecule has 0 bridgehead atoms. The number of methoxy groups -OCH3 is 1. The monoisotopic (exact) mass is 522 g/mol.